The third kappa shape index (κ3) is 0.571. The second kappa shape index (κ2) is 1.39. The van der Waals surface area contributed by atoms with E-state index in [1.54, 1.807) is 5.38 Å². The molecule has 31 valence electrons. The summed E-state index contributed by atoms with van der Waals surface area (Å²) < 4.78 is 11.6. The van der Waals surface area contributed by atoms with Gasteiger partial charge in [0.1, 0.15) is 5.82 Å². The quantitative estimate of drug-likeness (QED) is 0.466. The number of rotatable bonds is 0. The van der Waals surface area contributed by atoms with Crippen molar-refractivity contribution >= 4 is 11.3 Å². The first-order chi connectivity index (χ1) is 2.89. The molecule has 0 bridgehead atoms. The van der Waals surface area contributed by atoms with Gasteiger partial charge in [0.05, 0.1) is 0 Å². The van der Waals surface area contributed by atoms with Gasteiger partial charge in [-0.2, -0.15) is 0 Å². The Kier molecular flexibility index (Phi) is 0.881. The van der Waals surface area contributed by atoms with Crippen molar-refractivity contribution < 1.29 is 4.39 Å². The molecule has 1 aromatic rings. The highest BCUT2D eigenvalue weighted by molar-refractivity contribution is 7.07. The Labute approximate surface area is 39.2 Å². The fourth-order valence-corrected chi connectivity index (χ4v) is 0.654. The molecule has 0 aliphatic rings. The molecule has 1 aromatic heterocycles. The molecule has 6 heavy (non-hydrogen) atoms. The Morgan fingerprint density at radius 2 is 2.67 bits per heavy atom. The minimum atomic E-state index is -0.264. The number of hydrogen-bond acceptors (Lipinski definition) is 1. The van der Waals surface area contributed by atoms with E-state index < -0.39 is 0 Å². The van der Waals surface area contributed by atoms with Gasteiger partial charge < -0.3 is 0 Å². The molecule has 1 heterocycles. The van der Waals surface area contributed by atoms with Gasteiger partial charge in [-0.1, -0.05) is 0 Å². The third-order valence-electron chi connectivity index (χ3n) is 0.436. The lowest BCUT2D eigenvalue weighted by Crippen LogP contribution is -1.50. The lowest BCUT2D eigenvalue weighted by Gasteiger charge is -1.59. The monoisotopic (exact) mass is 101 g/mol. The molecule has 0 spiro atoms. The molecule has 0 atom stereocenters. The van der Waals surface area contributed by atoms with Crippen LogP contribution in [0.25, 0.3) is 0 Å². The number of halogens is 1. The fourth-order valence-electron chi connectivity index (χ4n) is 0.218. The van der Waals surface area contributed by atoms with Crippen molar-refractivity contribution in [2.45, 2.75) is 0 Å². The molecule has 0 saturated carbocycles. The van der Waals surface area contributed by atoms with Gasteiger partial charge in [0.15, 0.2) is 0 Å². The van der Waals surface area contributed by atoms with E-state index in [0.717, 1.165) is 0 Å². The molecule has 2 heteroatoms. The zero-order valence-corrected chi connectivity index (χ0v) is 3.76. The van der Waals surface area contributed by atoms with Crippen molar-refractivity contribution in [2.24, 2.45) is 0 Å². The summed E-state index contributed by atoms with van der Waals surface area (Å²) in [6.45, 7) is 0. The van der Waals surface area contributed by atoms with Crippen LogP contribution in [-0.2, 0) is 0 Å². The maximum Gasteiger partial charge on any atom is 0.141 e. The van der Waals surface area contributed by atoms with E-state index in [-0.39, 0.29) is 5.82 Å². The molecule has 0 fully saturated rings. The second-order valence-electron chi connectivity index (χ2n) is 0.864. The van der Waals surface area contributed by atoms with Gasteiger partial charge in [-0.3, -0.25) is 0 Å². The van der Waals surface area contributed by atoms with Gasteiger partial charge in [0.2, 0.25) is 0 Å². The van der Waals surface area contributed by atoms with Gasteiger partial charge in [-0.15, -0.1) is 11.3 Å². The highest BCUT2D eigenvalue weighted by atomic mass is 32.1. The summed E-state index contributed by atoms with van der Waals surface area (Å²) in [5.41, 5.74) is 0. The van der Waals surface area contributed by atoms with Crippen LogP contribution in [0.2, 0.25) is 0 Å². The van der Waals surface area contributed by atoms with Crippen molar-refractivity contribution in [1.82, 2.24) is 0 Å². The molecule has 0 amide bonds. The average molecular weight is 101 g/mol. The van der Waals surface area contributed by atoms with E-state index >= 15 is 0 Å². The normalized spacial score (nSPS) is 8.83. The smallest absolute Gasteiger partial charge is 0.141 e. The Morgan fingerprint density at radius 3 is 2.83 bits per heavy atom. The highest BCUT2D eigenvalue weighted by Crippen LogP contribution is 1.99. The lowest BCUT2D eigenvalue weighted by molar-refractivity contribution is 0.631. The fraction of sp³-hybridized carbons (Fsp3) is 0. The summed E-state index contributed by atoms with van der Waals surface area (Å²) in [5, 5.41) is 2.98. The zero-order chi connectivity index (χ0) is 4.41. The molecule has 1 radical (unpaired) electrons. The summed E-state index contributed by atoms with van der Waals surface area (Å²) in [6.07, 6.45) is 0. The van der Waals surface area contributed by atoms with Gasteiger partial charge in [-0.05, 0) is 0 Å². The maximum atomic E-state index is 11.6. The predicted octanol–water partition coefficient (Wildman–Crippen LogP) is 1.69. The van der Waals surface area contributed by atoms with Crippen LogP contribution in [0, 0.1) is 11.9 Å². The molecule has 0 aliphatic heterocycles. The van der Waals surface area contributed by atoms with Crippen LogP contribution in [0.5, 0.6) is 0 Å². The molecule has 1 rings (SSSR count). The van der Waals surface area contributed by atoms with Crippen LogP contribution in [0.4, 0.5) is 4.39 Å². The molecule has 0 unspecified atom stereocenters. The molecule has 0 aromatic carbocycles. The van der Waals surface area contributed by atoms with E-state index in [1.807, 2.05) is 0 Å². The first kappa shape index (κ1) is 3.81. The molecule has 0 saturated heterocycles. The third-order valence-corrected chi connectivity index (χ3v) is 1.03. The van der Waals surface area contributed by atoms with Crippen molar-refractivity contribution in [2.75, 3.05) is 0 Å². The summed E-state index contributed by atoms with van der Waals surface area (Å²) in [4.78, 5) is 0. The average Bonchev–Trinajstić information content (AvgIpc) is 1.86. The van der Waals surface area contributed by atoms with Crippen LogP contribution >= 0.6 is 11.3 Å². The van der Waals surface area contributed by atoms with E-state index in [2.05, 4.69) is 6.07 Å². The minimum Gasteiger partial charge on any atom is -0.205 e. The number of thiophene rings is 1. The highest BCUT2D eigenvalue weighted by Gasteiger charge is 1.81. The molecule has 0 nitrogen and oxygen atoms in total. The van der Waals surface area contributed by atoms with Crippen LogP contribution in [0.1, 0.15) is 0 Å². The van der Waals surface area contributed by atoms with Crippen LogP contribution < -0.4 is 0 Å². The zero-order valence-electron chi connectivity index (χ0n) is 2.94. The summed E-state index contributed by atoms with van der Waals surface area (Å²) in [6, 6.07) is 2.35. The molecule has 0 aliphatic carbocycles. The lowest BCUT2D eigenvalue weighted by atomic mass is 10.6. The minimum absolute atomic E-state index is 0.264. The van der Waals surface area contributed by atoms with Gasteiger partial charge >= 0.3 is 0 Å². The summed E-state index contributed by atoms with van der Waals surface area (Å²) in [5.74, 6) is -0.264. The van der Waals surface area contributed by atoms with E-state index in [0.29, 0.717) is 0 Å². The van der Waals surface area contributed by atoms with Crippen molar-refractivity contribution in [1.29, 1.82) is 0 Å². The largest absolute Gasteiger partial charge is 0.205 e. The van der Waals surface area contributed by atoms with Gasteiger partial charge in [-0.25, -0.2) is 4.39 Å². The topological polar surface area (TPSA) is 0 Å². The molecular formula is C4H2FS. The number of hydrogen-bond donors (Lipinski definition) is 0. The molecular weight excluding hydrogens is 99.1 g/mol. The van der Waals surface area contributed by atoms with Crippen molar-refractivity contribution in [3.8, 4) is 0 Å². The van der Waals surface area contributed by atoms with E-state index in [4.69, 9.17) is 0 Å². The van der Waals surface area contributed by atoms with Crippen LogP contribution in [-0.4, -0.2) is 0 Å². The van der Waals surface area contributed by atoms with Gasteiger partial charge in [0, 0.05) is 16.8 Å². The Morgan fingerprint density at radius 1 is 1.83 bits per heavy atom. The Balaban J connectivity index is 3.05. The summed E-state index contributed by atoms with van der Waals surface area (Å²) in [7, 11) is 0. The molecule has 0 N–H and O–H groups in total. The Hall–Kier alpha value is -0.370. The maximum absolute atomic E-state index is 11.6. The first-order valence-electron chi connectivity index (χ1n) is 1.49. The van der Waals surface area contributed by atoms with Gasteiger partial charge in [0.25, 0.3) is 0 Å². The summed E-state index contributed by atoms with van der Waals surface area (Å²) >= 11 is 1.31. The standard InChI is InChI=1S/C4H2FS/c5-4-1-2-6-3-4/h2-3H. The predicted molar refractivity (Wildman–Crippen MR) is 23.1 cm³/mol. The Bertz CT molecular complexity index is 111. The van der Waals surface area contributed by atoms with Crippen molar-refractivity contribution in [3.63, 3.8) is 0 Å². The van der Waals surface area contributed by atoms with Crippen LogP contribution in [0.15, 0.2) is 10.8 Å². The van der Waals surface area contributed by atoms with Crippen molar-refractivity contribution in [3.05, 3.63) is 22.6 Å². The van der Waals surface area contributed by atoms with Crippen LogP contribution in [0.3, 0.4) is 0 Å². The van der Waals surface area contributed by atoms with E-state index in [1.165, 1.54) is 16.7 Å². The second-order valence-corrected chi connectivity index (χ2v) is 1.61. The van der Waals surface area contributed by atoms with E-state index in [9.17, 15) is 4.39 Å². The SMILES string of the molecule is Fc1[c]csc1. The first-order valence-corrected chi connectivity index (χ1v) is 2.43.